The highest BCUT2D eigenvalue weighted by atomic mass is 32.1. The summed E-state index contributed by atoms with van der Waals surface area (Å²) in [6.45, 7) is 2.26. The number of hydrogen-bond acceptors (Lipinski definition) is 3. The summed E-state index contributed by atoms with van der Waals surface area (Å²) < 4.78 is 0. The number of H-pyrrole nitrogens is 1. The second-order valence-corrected chi connectivity index (χ2v) is 6.37. The number of hydrogen-bond donors (Lipinski definition) is 2. The van der Waals surface area contributed by atoms with Crippen molar-refractivity contribution in [2.24, 2.45) is 11.0 Å². The molecule has 2 aromatic rings. The largest absolute Gasteiger partial charge is 0.360 e. The van der Waals surface area contributed by atoms with Gasteiger partial charge < -0.3 is 4.98 Å². The van der Waals surface area contributed by atoms with E-state index in [9.17, 15) is 4.79 Å². The van der Waals surface area contributed by atoms with Gasteiger partial charge >= 0.3 is 0 Å². The van der Waals surface area contributed by atoms with Crippen molar-refractivity contribution in [3.63, 3.8) is 0 Å². The molecule has 5 heteroatoms. The average Bonchev–Trinajstić information content (AvgIpc) is 3.06. The SMILES string of the molecule is C[C@@H]1CCc2sc(C(=O)N/N=C/c3ccc[nH]3)cc2C1. The van der Waals surface area contributed by atoms with E-state index >= 15 is 0 Å². The molecule has 0 saturated heterocycles. The lowest BCUT2D eigenvalue weighted by molar-refractivity contribution is 0.0959. The fourth-order valence-electron chi connectivity index (χ4n) is 2.46. The van der Waals surface area contributed by atoms with Crippen LogP contribution >= 0.6 is 11.3 Å². The van der Waals surface area contributed by atoms with Gasteiger partial charge in [-0.25, -0.2) is 5.43 Å². The minimum Gasteiger partial charge on any atom is -0.360 e. The van der Waals surface area contributed by atoms with Crippen molar-refractivity contribution >= 4 is 23.5 Å². The summed E-state index contributed by atoms with van der Waals surface area (Å²) in [5.41, 5.74) is 4.78. The lowest BCUT2D eigenvalue weighted by Crippen LogP contribution is -2.16. The van der Waals surface area contributed by atoms with Crippen LogP contribution in [0.4, 0.5) is 0 Å². The summed E-state index contributed by atoms with van der Waals surface area (Å²) in [7, 11) is 0. The molecule has 1 amide bonds. The van der Waals surface area contributed by atoms with Crippen molar-refractivity contribution in [3.8, 4) is 0 Å². The van der Waals surface area contributed by atoms with Crippen LogP contribution in [0.5, 0.6) is 0 Å². The van der Waals surface area contributed by atoms with Crippen LogP contribution in [0.15, 0.2) is 29.5 Å². The summed E-state index contributed by atoms with van der Waals surface area (Å²) in [5, 5.41) is 3.96. The normalized spacial score (nSPS) is 18.1. The van der Waals surface area contributed by atoms with Gasteiger partial charge in [-0.3, -0.25) is 4.79 Å². The fourth-order valence-corrected chi connectivity index (χ4v) is 3.56. The Bertz CT molecular complexity index is 628. The third-order valence-corrected chi connectivity index (χ3v) is 4.78. The second kappa shape index (κ2) is 5.63. The number of nitrogens with zero attached hydrogens (tertiary/aromatic N) is 1. The van der Waals surface area contributed by atoms with Gasteiger partial charge in [0.1, 0.15) is 0 Å². The predicted octanol–water partition coefficient (Wildman–Crippen LogP) is 2.96. The van der Waals surface area contributed by atoms with Gasteiger partial charge in [-0.2, -0.15) is 5.10 Å². The molecule has 3 rings (SSSR count). The molecule has 0 aliphatic heterocycles. The Morgan fingerprint density at radius 2 is 2.50 bits per heavy atom. The summed E-state index contributed by atoms with van der Waals surface area (Å²) in [6.07, 6.45) is 6.83. The highest BCUT2D eigenvalue weighted by molar-refractivity contribution is 7.14. The molecule has 4 nitrogen and oxygen atoms in total. The van der Waals surface area contributed by atoms with Crippen LogP contribution in [0, 0.1) is 5.92 Å². The van der Waals surface area contributed by atoms with Gasteiger partial charge in [0.05, 0.1) is 16.8 Å². The van der Waals surface area contributed by atoms with Crippen LogP contribution in [-0.2, 0) is 12.8 Å². The van der Waals surface area contributed by atoms with Crippen LogP contribution in [0.3, 0.4) is 0 Å². The van der Waals surface area contributed by atoms with E-state index in [1.165, 1.54) is 16.9 Å². The lowest BCUT2D eigenvalue weighted by atomic mass is 9.90. The molecule has 0 fully saturated rings. The maximum absolute atomic E-state index is 12.0. The molecule has 2 heterocycles. The summed E-state index contributed by atoms with van der Waals surface area (Å²) in [4.78, 5) is 17.2. The first kappa shape index (κ1) is 13.1. The number of rotatable bonds is 3. The molecule has 0 unspecified atom stereocenters. The molecular formula is C15H17N3OS. The fraction of sp³-hybridized carbons (Fsp3) is 0.333. The molecule has 2 aromatic heterocycles. The molecule has 104 valence electrons. The standard InChI is InChI=1S/C15H17N3OS/c1-10-4-5-13-11(7-10)8-14(20-13)15(19)18-17-9-12-3-2-6-16-12/h2-3,6,8-10,16H,4-5,7H2,1H3,(H,18,19)/b17-9+/t10-/m1/s1. The molecule has 0 saturated carbocycles. The van der Waals surface area contributed by atoms with Crippen molar-refractivity contribution in [3.05, 3.63) is 45.4 Å². The lowest BCUT2D eigenvalue weighted by Gasteiger charge is -2.16. The van der Waals surface area contributed by atoms with Gasteiger partial charge in [0.2, 0.25) is 0 Å². The Labute approximate surface area is 121 Å². The zero-order valence-corrected chi connectivity index (χ0v) is 12.2. The Balaban J connectivity index is 1.66. The van der Waals surface area contributed by atoms with E-state index in [1.807, 2.05) is 24.4 Å². The molecule has 20 heavy (non-hydrogen) atoms. The number of aromatic nitrogens is 1. The molecule has 0 bridgehead atoms. The molecule has 1 atom stereocenters. The van der Waals surface area contributed by atoms with Crippen molar-refractivity contribution in [1.29, 1.82) is 0 Å². The number of nitrogens with one attached hydrogen (secondary N) is 2. The Morgan fingerprint density at radius 1 is 1.60 bits per heavy atom. The highest BCUT2D eigenvalue weighted by Gasteiger charge is 2.20. The van der Waals surface area contributed by atoms with E-state index in [0.29, 0.717) is 0 Å². The summed E-state index contributed by atoms with van der Waals surface area (Å²) in [6, 6.07) is 5.80. The smallest absolute Gasteiger partial charge is 0.281 e. The van der Waals surface area contributed by atoms with E-state index in [0.717, 1.165) is 29.3 Å². The van der Waals surface area contributed by atoms with Gasteiger partial charge in [-0.1, -0.05) is 6.92 Å². The monoisotopic (exact) mass is 287 g/mol. The number of hydrazone groups is 1. The third-order valence-electron chi connectivity index (χ3n) is 3.54. The van der Waals surface area contributed by atoms with E-state index < -0.39 is 0 Å². The number of carbonyl (C=O) groups excluding carboxylic acids is 1. The molecule has 1 aliphatic carbocycles. The Kier molecular flexibility index (Phi) is 3.69. The first-order chi connectivity index (χ1) is 9.72. The third kappa shape index (κ3) is 2.82. The van der Waals surface area contributed by atoms with Crippen molar-refractivity contribution in [2.45, 2.75) is 26.2 Å². The molecule has 0 radical (unpaired) electrons. The van der Waals surface area contributed by atoms with E-state index in [1.54, 1.807) is 17.6 Å². The number of fused-ring (bicyclic) bond motifs is 1. The molecule has 0 spiro atoms. The number of aromatic amines is 1. The first-order valence-corrected chi connectivity index (χ1v) is 7.62. The van der Waals surface area contributed by atoms with Crippen LogP contribution in [-0.4, -0.2) is 17.1 Å². The topological polar surface area (TPSA) is 57.2 Å². The maximum Gasteiger partial charge on any atom is 0.281 e. The summed E-state index contributed by atoms with van der Waals surface area (Å²) in [5.74, 6) is 0.596. The van der Waals surface area contributed by atoms with E-state index in [4.69, 9.17) is 0 Å². The minimum atomic E-state index is -0.125. The zero-order valence-electron chi connectivity index (χ0n) is 11.3. The second-order valence-electron chi connectivity index (χ2n) is 5.23. The van der Waals surface area contributed by atoms with E-state index in [2.05, 4.69) is 22.4 Å². The summed E-state index contributed by atoms with van der Waals surface area (Å²) >= 11 is 1.60. The average molecular weight is 287 g/mol. The molecule has 0 aromatic carbocycles. The number of thiophene rings is 1. The maximum atomic E-state index is 12.0. The van der Waals surface area contributed by atoms with Gasteiger partial charge in [-0.15, -0.1) is 11.3 Å². The first-order valence-electron chi connectivity index (χ1n) is 6.81. The predicted molar refractivity (Wildman–Crippen MR) is 81.4 cm³/mol. The van der Waals surface area contributed by atoms with E-state index in [-0.39, 0.29) is 5.91 Å². The minimum absolute atomic E-state index is 0.125. The van der Waals surface area contributed by atoms with Gasteiger partial charge in [0, 0.05) is 11.1 Å². The van der Waals surface area contributed by atoms with Crippen LogP contribution in [0.2, 0.25) is 0 Å². The Hall–Kier alpha value is -1.88. The van der Waals surface area contributed by atoms with Crippen LogP contribution < -0.4 is 5.43 Å². The number of aryl methyl sites for hydroxylation is 1. The highest BCUT2D eigenvalue weighted by Crippen LogP contribution is 2.32. The molecule has 1 aliphatic rings. The van der Waals surface area contributed by atoms with Gasteiger partial charge in [0.15, 0.2) is 0 Å². The number of amides is 1. The van der Waals surface area contributed by atoms with Crippen molar-refractivity contribution < 1.29 is 4.79 Å². The van der Waals surface area contributed by atoms with Crippen LogP contribution in [0.25, 0.3) is 0 Å². The van der Waals surface area contributed by atoms with Crippen molar-refractivity contribution in [1.82, 2.24) is 10.4 Å². The quantitative estimate of drug-likeness (QED) is 0.662. The molecule has 2 N–H and O–H groups in total. The van der Waals surface area contributed by atoms with Gasteiger partial charge in [-0.05, 0) is 48.9 Å². The van der Waals surface area contributed by atoms with Crippen molar-refractivity contribution in [2.75, 3.05) is 0 Å². The molecular weight excluding hydrogens is 270 g/mol. The van der Waals surface area contributed by atoms with Crippen LogP contribution in [0.1, 0.15) is 39.2 Å². The Morgan fingerprint density at radius 3 is 3.30 bits per heavy atom. The zero-order chi connectivity index (χ0) is 13.9. The number of carbonyl (C=O) groups is 1. The van der Waals surface area contributed by atoms with Gasteiger partial charge in [0.25, 0.3) is 5.91 Å².